The molecule has 0 aliphatic carbocycles. The number of nitrogens with zero attached hydrogens (tertiary/aromatic N) is 2. The van der Waals surface area contributed by atoms with Gasteiger partial charge in [0, 0.05) is 7.11 Å². The molecule has 2 aromatic rings. The zero-order valence-corrected chi connectivity index (χ0v) is 11.2. The minimum Gasteiger partial charge on any atom is -0.478 e. The highest BCUT2D eigenvalue weighted by atomic mass is 16.5. The van der Waals surface area contributed by atoms with Gasteiger partial charge in [0.25, 0.3) is 0 Å². The van der Waals surface area contributed by atoms with Crippen LogP contribution in [0.4, 0.5) is 0 Å². The van der Waals surface area contributed by atoms with Gasteiger partial charge in [0.05, 0.1) is 11.3 Å². The summed E-state index contributed by atoms with van der Waals surface area (Å²) in [6.45, 7) is 1.91. The zero-order chi connectivity index (χ0) is 14.7. The first kappa shape index (κ1) is 14.0. The van der Waals surface area contributed by atoms with Crippen LogP contribution in [0.2, 0.25) is 0 Å². The van der Waals surface area contributed by atoms with Gasteiger partial charge in [-0.25, -0.2) is 19.3 Å². The summed E-state index contributed by atoms with van der Waals surface area (Å²) in [6, 6.07) is 6.11. The van der Waals surface area contributed by atoms with Crippen LogP contribution < -0.4 is 5.69 Å². The molecule has 7 heteroatoms. The average molecular weight is 277 g/mol. The van der Waals surface area contributed by atoms with Gasteiger partial charge in [-0.3, -0.25) is 0 Å². The molecule has 1 heterocycles. The van der Waals surface area contributed by atoms with Crippen molar-refractivity contribution in [3.8, 4) is 5.69 Å². The number of carboxylic acids is 1. The zero-order valence-electron chi connectivity index (χ0n) is 11.2. The maximum absolute atomic E-state index is 11.9. The molecular weight excluding hydrogens is 262 g/mol. The standard InChI is InChI=1S/C13H15N3O4/c1-3-10(20-2)11-14-15-13(19)16(11)9-6-4-5-8(7-9)12(17)18/h4-7,10H,3H2,1-2H3,(H,15,19)(H,17,18). The summed E-state index contributed by atoms with van der Waals surface area (Å²) in [7, 11) is 1.53. The summed E-state index contributed by atoms with van der Waals surface area (Å²) in [5.41, 5.74) is 0.110. The Morgan fingerprint density at radius 2 is 2.30 bits per heavy atom. The maximum Gasteiger partial charge on any atom is 0.348 e. The lowest BCUT2D eigenvalue weighted by molar-refractivity contribution is 0.0697. The third-order valence-electron chi connectivity index (χ3n) is 2.99. The largest absolute Gasteiger partial charge is 0.478 e. The van der Waals surface area contributed by atoms with Gasteiger partial charge in [0.1, 0.15) is 6.10 Å². The molecule has 1 aromatic carbocycles. The number of carbonyl (C=O) groups is 1. The van der Waals surface area contributed by atoms with Gasteiger partial charge in [-0.05, 0) is 24.6 Å². The van der Waals surface area contributed by atoms with Crippen molar-refractivity contribution in [2.45, 2.75) is 19.4 Å². The topological polar surface area (TPSA) is 97.2 Å². The number of aromatic nitrogens is 3. The minimum atomic E-state index is -1.05. The van der Waals surface area contributed by atoms with Crippen molar-refractivity contribution in [2.75, 3.05) is 7.11 Å². The van der Waals surface area contributed by atoms with E-state index in [4.69, 9.17) is 9.84 Å². The summed E-state index contributed by atoms with van der Waals surface area (Å²) in [5.74, 6) is -0.633. The summed E-state index contributed by atoms with van der Waals surface area (Å²) >= 11 is 0. The van der Waals surface area contributed by atoms with Gasteiger partial charge in [-0.1, -0.05) is 13.0 Å². The van der Waals surface area contributed by atoms with Crippen molar-refractivity contribution in [3.63, 3.8) is 0 Å². The van der Waals surface area contributed by atoms with E-state index in [0.717, 1.165) is 0 Å². The number of rotatable bonds is 5. The van der Waals surface area contributed by atoms with Crippen LogP contribution in [-0.2, 0) is 4.74 Å². The second kappa shape index (κ2) is 5.70. The first-order valence-electron chi connectivity index (χ1n) is 6.12. The van der Waals surface area contributed by atoms with Crippen LogP contribution in [0.5, 0.6) is 0 Å². The lowest BCUT2D eigenvalue weighted by atomic mass is 10.2. The fourth-order valence-corrected chi connectivity index (χ4v) is 2.01. The molecule has 0 aliphatic heterocycles. The van der Waals surface area contributed by atoms with Gasteiger partial charge < -0.3 is 9.84 Å². The Hall–Kier alpha value is -2.41. The van der Waals surface area contributed by atoms with Crippen molar-refractivity contribution < 1.29 is 14.6 Å². The van der Waals surface area contributed by atoms with Crippen molar-refractivity contribution in [3.05, 3.63) is 46.1 Å². The Bertz CT molecular complexity index is 670. The maximum atomic E-state index is 11.9. The lowest BCUT2D eigenvalue weighted by Gasteiger charge is -2.13. The molecule has 0 fully saturated rings. The molecule has 0 bridgehead atoms. The molecule has 1 aromatic heterocycles. The molecule has 2 N–H and O–H groups in total. The Balaban J connectivity index is 2.58. The van der Waals surface area contributed by atoms with Crippen molar-refractivity contribution in [1.82, 2.24) is 14.8 Å². The molecule has 1 unspecified atom stereocenters. The van der Waals surface area contributed by atoms with Crippen molar-refractivity contribution in [1.29, 1.82) is 0 Å². The van der Waals surface area contributed by atoms with E-state index in [-0.39, 0.29) is 11.7 Å². The van der Waals surface area contributed by atoms with E-state index in [1.54, 1.807) is 12.1 Å². The van der Waals surface area contributed by atoms with Crippen LogP contribution in [0.15, 0.2) is 29.1 Å². The molecule has 106 valence electrons. The highest BCUT2D eigenvalue weighted by Crippen LogP contribution is 2.20. The van der Waals surface area contributed by atoms with Crippen LogP contribution in [0.3, 0.4) is 0 Å². The molecule has 7 nitrogen and oxygen atoms in total. The number of hydrogen-bond donors (Lipinski definition) is 2. The monoisotopic (exact) mass is 277 g/mol. The normalized spacial score (nSPS) is 12.3. The van der Waals surface area contributed by atoms with E-state index in [1.807, 2.05) is 6.92 Å². The van der Waals surface area contributed by atoms with Crippen LogP contribution in [0, 0.1) is 0 Å². The fourth-order valence-electron chi connectivity index (χ4n) is 2.01. The molecule has 2 rings (SSSR count). The second-order valence-corrected chi connectivity index (χ2v) is 4.21. The first-order valence-corrected chi connectivity index (χ1v) is 6.12. The number of ether oxygens (including phenoxy) is 1. The van der Waals surface area contributed by atoms with E-state index in [1.165, 1.54) is 23.8 Å². The number of carboxylic acid groups (broad SMARTS) is 1. The molecule has 0 radical (unpaired) electrons. The van der Waals surface area contributed by atoms with Gasteiger partial charge in [0.15, 0.2) is 5.82 Å². The molecule has 0 aliphatic rings. The van der Waals surface area contributed by atoms with E-state index < -0.39 is 11.7 Å². The Kier molecular flexibility index (Phi) is 3.99. The molecule has 0 saturated heterocycles. The van der Waals surface area contributed by atoms with E-state index in [0.29, 0.717) is 17.9 Å². The number of aromatic amines is 1. The average Bonchev–Trinajstić information content (AvgIpc) is 2.82. The van der Waals surface area contributed by atoms with Crippen LogP contribution in [0.25, 0.3) is 5.69 Å². The quantitative estimate of drug-likeness (QED) is 0.860. The van der Waals surface area contributed by atoms with Gasteiger partial charge >= 0.3 is 11.7 Å². The Morgan fingerprint density at radius 1 is 1.55 bits per heavy atom. The molecular formula is C13H15N3O4. The van der Waals surface area contributed by atoms with Crippen LogP contribution in [-0.4, -0.2) is 33.0 Å². The van der Waals surface area contributed by atoms with Crippen LogP contribution in [0.1, 0.15) is 35.6 Å². The fraction of sp³-hybridized carbons (Fsp3) is 0.308. The SMILES string of the molecule is CCC(OC)c1n[nH]c(=O)n1-c1cccc(C(=O)O)c1. The predicted molar refractivity (Wildman–Crippen MR) is 71.2 cm³/mol. The number of hydrogen-bond acceptors (Lipinski definition) is 4. The van der Waals surface area contributed by atoms with Crippen LogP contribution >= 0.6 is 0 Å². The summed E-state index contributed by atoms with van der Waals surface area (Å²) in [5, 5.41) is 15.3. The number of aromatic carboxylic acids is 1. The first-order chi connectivity index (χ1) is 9.58. The Morgan fingerprint density at radius 3 is 2.90 bits per heavy atom. The van der Waals surface area contributed by atoms with E-state index >= 15 is 0 Å². The molecule has 0 spiro atoms. The Labute approximate surface area is 114 Å². The van der Waals surface area contributed by atoms with E-state index in [2.05, 4.69) is 10.2 Å². The second-order valence-electron chi connectivity index (χ2n) is 4.21. The highest BCUT2D eigenvalue weighted by molar-refractivity contribution is 5.88. The molecule has 1 atom stereocenters. The summed E-state index contributed by atoms with van der Waals surface area (Å²) < 4.78 is 6.60. The summed E-state index contributed by atoms with van der Waals surface area (Å²) in [6.07, 6.45) is 0.293. The number of methoxy groups -OCH3 is 1. The van der Waals surface area contributed by atoms with Crippen molar-refractivity contribution in [2.24, 2.45) is 0 Å². The smallest absolute Gasteiger partial charge is 0.348 e. The van der Waals surface area contributed by atoms with Gasteiger partial charge in [0.2, 0.25) is 0 Å². The molecule has 0 amide bonds. The van der Waals surface area contributed by atoms with Gasteiger partial charge in [-0.2, -0.15) is 5.10 Å². The molecule has 20 heavy (non-hydrogen) atoms. The molecule has 0 saturated carbocycles. The van der Waals surface area contributed by atoms with Gasteiger partial charge in [-0.15, -0.1) is 0 Å². The van der Waals surface area contributed by atoms with E-state index in [9.17, 15) is 9.59 Å². The number of nitrogens with one attached hydrogen (secondary N) is 1. The van der Waals surface area contributed by atoms with Crippen molar-refractivity contribution >= 4 is 5.97 Å². The third-order valence-corrected chi connectivity index (χ3v) is 2.99. The highest BCUT2D eigenvalue weighted by Gasteiger charge is 2.19. The number of H-pyrrole nitrogens is 1. The third kappa shape index (κ3) is 2.48. The summed E-state index contributed by atoms with van der Waals surface area (Å²) in [4.78, 5) is 22.9. The minimum absolute atomic E-state index is 0.104. The predicted octanol–water partition coefficient (Wildman–Crippen LogP) is 1.36. The number of benzene rings is 1. The lowest BCUT2D eigenvalue weighted by Crippen LogP contribution is -2.19.